The normalized spacial score (nSPS) is 11.0. The molecule has 0 unspecified atom stereocenters. The highest BCUT2D eigenvalue weighted by atomic mass is 32.1. The average Bonchev–Trinajstić information content (AvgIpc) is 3.02. The maximum absolute atomic E-state index is 10.9. The molecule has 4 nitrogen and oxygen atoms in total. The first kappa shape index (κ1) is 16.8. The van der Waals surface area contributed by atoms with Gasteiger partial charge in [0.1, 0.15) is 17.4 Å². The molecule has 2 rings (SSSR count). The van der Waals surface area contributed by atoms with E-state index >= 15 is 0 Å². The Balaban J connectivity index is 2.11. The zero-order valence-electron chi connectivity index (χ0n) is 12.8. The zero-order chi connectivity index (χ0) is 16.7. The molecular formula is C18H17NO3S. The van der Waals surface area contributed by atoms with Gasteiger partial charge in [-0.25, -0.2) is 4.79 Å². The number of carboxylic acid groups (broad SMARTS) is 1. The monoisotopic (exact) mass is 327 g/mol. The van der Waals surface area contributed by atoms with Crippen molar-refractivity contribution >= 4 is 23.4 Å². The van der Waals surface area contributed by atoms with Gasteiger partial charge < -0.3 is 9.84 Å². The Labute approximate surface area is 139 Å². The lowest BCUT2D eigenvalue weighted by molar-refractivity contribution is -0.132. The number of hydrogen-bond acceptors (Lipinski definition) is 4. The highest BCUT2D eigenvalue weighted by molar-refractivity contribution is 7.16. The first-order valence-corrected chi connectivity index (χ1v) is 8.14. The molecule has 0 saturated heterocycles. The van der Waals surface area contributed by atoms with Crippen molar-refractivity contribution in [2.75, 3.05) is 6.61 Å². The van der Waals surface area contributed by atoms with Crippen LogP contribution in [0.15, 0.2) is 42.0 Å². The van der Waals surface area contributed by atoms with Gasteiger partial charge in [0.25, 0.3) is 0 Å². The highest BCUT2D eigenvalue weighted by Gasteiger charge is 2.08. The van der Waals surface area contributed by atoms with Gasteiger partial charge in [0.05, 0.1) is 6.61 Å². The third kappa shape index (κ3) is 4.70. The van der Waals surface area contributed by atoms with Crippen LogP contribution in [0.3, 0.4) is 0 Å². The van der Waals surface area contributed by atoms with E-state index in [1.807, 2.05) is 36.4 Å². The SMILES string of the molecule is CCCCOc1ccc(-c2ccc(C=C(C#N)C(=O)O)s2)cc1. The number of hydrogen-bond donors (Lipinski definition) is 1. The van der Waals surface area contributed by atoms with Crippen molar-refractivity contribution in [3.05, 3.63) is 46.8 Å². The number of ether oxygens (including phenoxy) is 1. The van der Waals surface area contributed by atoms with Crippen molar-refractivity contribution in [3.8, 4) is 22.3 Å². The molecule has 0 atom stereocenters. The molecule has 0 fully saturated rings. The van der Waals surface area contributed by atoms with E-state index in [9.17, 15) is 4.79 Å². The van der Waals surface area contributed by atoms with Crippen LogP contribution in [0.1, 0.15) is 24.6 Å². The molecule has 2 aromatic rings. The molecule has 0 amide bonds. The molecule has 0 aliphatic rings. The molecule has 0 aliphatic carbocycles. The van der Waals surface area contributed by atoms with E-state index in [0.29, 0.717) is 0 Å². The molecule has 5 heteroatoms. The van der Waals surface area contributed by atoms with Crippen molar-refractivity contribution < 1.29 is 14.6 Å². The minimum Gasteiger partial charge on any atom is -0.494 e. The predicted octanol–water partition coefficient (Wildman–Crippen LogP) is 4.59. The minimum atomic E-state index is -1.21. The van der Waals surface area contributed by atoms with Crippen LogP contribution in [0.5, 0.6) is 5.75 Å². The van der Waals surface area contributed by atoms with Crippen LogP contribution < -0.4 is 4.74 Å². The van der Waals surface area contributed by atoms with E-state index in [1.54, 1.807) is 6.07 Å². The van der Waals surface area contributed by atoms with E-state index in [0.717, 1.165) is 40.5 Å². The fourth-order valence-corrected chi connectivity index (χ4v) is 2.88. The lowest BCUT2D eigenvalue weighted by Gasteiger charge is -2.05. The summed E-state index contributed by atoms with van der Waals surface area (Å²) < 4.78 is 5.63. The molecule has 0 bridgehead atoms. The molecular weight excluding hydrogens is 310 g/mol. The van der Waals surface area contributed by atoms with Crippen molar-refractivity contribution in [1.29, 1.82) is 5.26 Å². The minimum absolute atomic E-state index is 0.266. The van der Waals surface area contributed by atoms with E-state index in [1.165, 1.54) is 17.4 Å². The third-order valence-electron chi connectivity index (χ3n) is 3.17. The molecule has 1 heterocycles. The number of benzene rings is 1. The number of carbonyl (C=O) groups is 1. The van der Waals surface area contributed by atoms with Crippen LogP contribution >= 0.6 is 11.3 Å². The lowest BCUT2D eigenvalue weighted by Crippen LogP contribution is -1.96. The smallest absolute Gasteiger partial charge is 0.346 e. The number of aliphatic carboxylic acids is 1. The number of carboxylic acids is 1. The Morgan fingerprint density at radius 2 is 2.04 bits per heavy atom. The molecule has 0 radical (unpaired) electrons. The molecule has 23 heavy (non-hydrogen) atoms. The molecule has 1 N–H and O–H groups in total. The third-order valence-corrected chi connectivity index (χ3v) is 4.25. The quantitative estimate of drug-likeness (QED) is 0.459. The zero-order valence-corrected chi connectivity index (χ0v) is 13.6. The number of rotatable bonds is 7. The van der Waals surface area contributed by atoms with E-state index in [4.69, 9.17) is 15.1 Å². The number of nitrogens with zero attached hydrogens (tertiary/aromatic N) is 1. The number of thiophene rings is 1. The Bertz CT molecular complexity index is 738. The summed E-state index contributed by atoms with van der Waals surface area (Å²) in [6.45, 7) is 2.84. The van der Waals surface area contributed by atoms with Gasteiger partial charge in [-0.3, -0.25) is 0 Å². The standard InChI is InChI=1S/C18H17NO3S/c1-2-3-10-22-15-6-4-13(5-7-15)17-9-8-16(23-17)11-14(12-19)18(20)21/h4-9,11H,2-3,10H2,1H3,(H,20,21). The molecule has 0 saturated carbocycles. The summed E-state index contributed by atoms with van der Waals surface area (Å²) in [5, 5.41) is 17.7. The first-order valence-electron chi connectivity index (χ1n) is 7.32. The van der Waals surface area contributed by atoms with E-state index in [-0.39, 0.29) is 5.57 Å². The molecule has 0 aliphatic heterocycles. The van der Waals surface area contributed by atoms with Crippen molar-refractivity contribution in [3.63, 3.8) is 0 Å². The van der Waals surface area contributed by atoms with Crippen LogP contribution in [0.2, 0.25) is 0 Å². The number of nitriles is 1. The summed E-state index contributed by atoms with van der Waals surface area (Å²) >= 11 is 1.44. The summed E-state index contributed by atoms with van der Waals surface area (Å²) in [5.41, 5.74) is 0.768. The van der Waals surface area contributed by atoms with Gasteiger partial charge in [-0.1, -0.05) is 13.3 Å². The van der Waals surface area contributed by atoms with Crippen LogP contribution in [0.25, 0.3) is 16.5 Å². The van der Waals surface area contributed by atoms with Gasteiger partial charge in [0, 0.05) is 9.75 Å². The fraction of sp³-hybridized carbons (Fsp3) is 0.222. The first-order chi connectivity index (χ1) is 11.1. The fourth-order valence-electron chi connectivity index (χ4n) is 1.92. The predicted molar refractivity (Wildman–Crippen MR) is 91.4 cm³/mol. The second-order valence-electron chi connectivity index (χ2n) is 4.90. The van der Waals surface area contributed by atoms with E-state index < -0.39 is 5.97 Å². The molecule has 0 spiro atoms. The highest BCUT2D eigenvalue weighted by Crippen LogP contribution is 2.30. The van der Waals surface area contributed by atoms with Crippen molar-refractivity contribution in [2.24, 2.45) is 0 Å². The van der Waals surface area contributed by atoms with Crippen LogP contribution in [-0.2, 0) is 4.79 Å². The van der Waals surface area contributed by atoms with Crippen LogP contribution in [0.4, 0.5) is 0 Å². The summed E-state index contributed by atoms with van der Waals surface area (Å²) in [4.78, 5) is 12.6. The van der Waals surface area contributed by atoms with Gasteiger partial charge in [-0.15, -0.1) is 11.3 Å². The summed E-state index contributed by atoms with van der Waals surface area (Å²) in [6.07, 6.45) is 3.52. The lowest BCUT2D eigenvalue weighted by atomic mass is 10.2. The van der Waals surface area contributed by atoms with Gasteiger partial charge >= 0.3 is 5.97 Å². The van der Waals surface area contributed by atoms with Crippen molar-refractivity contribution in [2.45, 2.75) is 19.8 Å². The largest absolute Gasteiger partial charge is 0.494 e. The summed E-state index contributed by atoms with van der Waals surface area (Å²) in [7, 11) is 0. The molecule has 118 valence electrons. The van der Waals surface area contributed by atoms with Crippen LogP contribution in [0, 0.1) is 11.3 Å². The van der Waals surface area contributed by atoms with Gasteiger partial charge in [0.2, 0.25) is 0 Å². The maximum Gasteiger partial charge on any atom is 0.346 e. The Morgan fingerprint density at radius 3 is 2.65 bits per heavy atom. The summed E-state index contributed by atoms with van der Waals surface area (Å²) in [6, 6.07) is 13.2. The Morgan fingerprint density at radius 1 is 1.30 bits per heavy atom. The Hall–Kier alpha value is -2.58. The second-order valence-corrected chi connectivity index (χ2v) is 6.02. The molecule has 1 aromatic heterocycles. The topological polar surface area (TPSA) is 70.3 Å². The van der Waals surface area contributed by atoms with Gasteiger partial charge in [-0.2, -0.15) is 5.26 Å². The average molecular weight is 327 g/mol. The maximum atomic E-state index is 10.9. The Kier molecular flexibility index (Phi) is 5.95. The summed E-state index contributed by atoms with van der Waals surface area (Å²) in [5.74, 6) is -0.368. The van der Waals surface area contributed by atoms with E-state index in [2.05, 4.69) is 6.92 Å². The van der Waals surface area contributed by atoms with Crippen LogP contribution in [-0.4, -0.2) is 17.7 Å². The second kappa shape index (κ2) is 8.16. The van der Waals surface area contributed by atoms with Gasteiger partial charge in [-0.05, 0) is 54.5 Å². The molecule has 1 aromatic carbocycles. The van der Waals surface area contributed by atoms with Crippen molar-refractivity contribution in [1.82, 2.24) is 0 Å². The van der Waals surface area contributed by atoms with Gasteiger partial charge in [0.15, 0.2) is 0 Å². The number of unbranched alkanes of at least 4 members (excludes halogenated alkanes) is 1.